The maximum absolute atomic E-state index is 4.61. The molecule has 4 bridgehead atoms. The van der Waals surface area contributed by atoms with Crippen LogP contribution in [0.3, 0.4) is 0 Å². The van der Waals surface area contributed by atoms with Crippen LogP contribution in [0.15, 0.2) is 56.4 Å². The SMILES string of the molecule is CC(C)(C)c1cc2cc(c1)C=NCCN=Cc1cc(cc(C(C)(C)C)c1)C=NCCN=C2. The second-order valence-electron chi connectivity index (χ2n) is 10.4. The Labute approximate surface area is 193 Å². The molecule has 0 aromatic heterocycles. The van der Waals surface area contributed by atoms with Crippen LogP contribution in [0, 0.1) is 0 Å². The van der Waals surface area contributed by atoms with Gasteiger partial charge in [-0.1, -0.05) is 41.5 Å². The van der Waals surface area contributed by atoms with Crippen molar-refractivity contribution in [3.8, 4) is 0 Å². The molecule has 1 aliphatic rings. The van der Waals surface area contributed by atoms with Gasteiger partial charge in [-0.2, -0.15) is 0 Å². The average Bonchev–Trinajstić information content (AvgIpc) is 2.71. The summed E-state index contributed by atoms with van der Waals surface area (Å²) in [6.07, 6.45) is 7.81. The monoisotopic (exact) mass is 428 g/mol. The van der Waals surface area contributed by atoms with Crippen molar-refractivity contribution in [2.45, 2.75) is 52.4 Å². The Hall–Kier alpha value is -2.88. The third kappa shape index (κ3) is 7.08. The largest absolute Gasteiger partial charge is 0.291 e. The molecule has 32 heavy (non-hydrogen) atoms. The van der Waals surface area contributed by atoms with Crippen molar-refractivity contribution in [3.63, 3.8) is 0 Å². The van der Waals surface area contributed by atoms with E-state index >= 15 is 0 Å². The van der Waals surface area contributed by atoms with Gasteiger partial charge in [0.25, 0.3) is 0 Å². The lowest BCUT2D eigenvalue weighted by atomic mass is 9.85. The van der Waals surface area contributed by atoms with Crippen molar-refractivity contribution < 1.29 is 0 Å². The maximum atomic E-state index is 4.61. The summed E-state index contributed by atoms with van der Waals surface area (Å²) in [5.74, 6) is 0. The van der Waals surface area contributed by atoms with Crippen LogP contribution in [0.25, 0.3) is 0 Å². The Bertz CT molecular complexity index is 894. The second-order valence-corrected chi connectivity index (χ2v) is 10.4. The molecule has 4 heteroatoms. The normalized spacial score (nSPS) is 15.4. The van der Waals surface area contributed by atoms with Gasteiger partial charge >= 0.3 is 0 Å². The van der Waals surface area contributed by atoms with E-state index in [1.54, 1.807) is 0 Å². The molecule has 3 rings (SSSR count). The molecule has 0 spiro atoms. The molecule has 168 valence electrons. The highest BCUT2D eigenvalue weighted by atomic mass is 14.8. The molecule has 1 aliphatic heterocycles. The highest BCUT2D eigenvalue weighted by Crippen LogP contribution is 2.25. The van der Waals surface area contributed by atoms with E-state index in [1.165, 1.54) is 11.1 Å². The van der Waals surface area contributed by atoms with Crippen molar-refractivity contribution in [1.29, 1.82) is 0 Å². The lowest BCUT2D eigenvalue weighted by Gasteiger charge is -2.20. The second kappa shape index (κ2) is 10.2. The van der Waals surface area contributed by atoms with E-state index in [1.807, 2.05) is 24.9 Å². The predicted octanol–water partition coefficient (Wildman–Crippen LogP) is 5.67. The first-order chi connectivity index (χ1) is 15.1. The summed E-state index contributed by atoms with van der Waals surface area (Å²) < 4.78 is 0. The molecule has 0 amide bonds. The van der Waals surface area contributed by atoms with Gasteiger partial charge in [0, 0.05) is 24.9 Å². The van der Waals surface area contributed by atoms with Crippen LogP contribution in [0.2, 0.25) is 0 Å². The number of aliphatic imine (C=N–C) groups is 4. The van der Waals surface area contributed by atoms with Gasteiger partial charge in [0.15, 0.2) is 0 Å². The zero-order valence-corrected chi connectivity index (χ0v) is 20.4. The molecular weight excluding hydrogens is 392 g/mol. The smallest absolute Gasteiger partial charge is 0.0585 e. The van der Waals surface area contributed by atoms with E-state index < -0.39 is 0 Å². The number of hydrogen-bond donors (Lipinski definition) is 0. The molecule has 1 heterocycles. The third-order valence-electron chi connectivity index (χ3n) is 5.37. The summed E-state index contributed by atoms with van der Waals surface area (Å²) in [4.78, 5) is 18.5. The minimum atomic E-state index is 0.0662. The van der Waals surface area contributed by atoms with Gasteiger partial charge in [-0.25, -0.2) is 0 Å². The Morgan fingerprint density at radius 1 is 0.438 bits per heavy atom. The third-order valence-corrected chi connectivity index (χ3v) is 5.37. The fourth-order valence-electron chi connectivity index (χ4n) is 3.43. The van der Waals surface area contributed by atoms with E-state index in [9.17, 15) is 0 Å². The van der Waals surface area contributed by atoms with E-state index in [-0.39, 0.29) is 10.8 Å². The summed E-state index contributed by atoms with van der Waals surface area (Å²) in [7, 11) is 0. The zero-order valence-electron chi connectivity index (χ0n) is 20.4. The molecule has 0 saturated carbocycles. The first kappa shape index (κ1) is 23.8. The average molecular weight is 429 g/mol. The molecule has 2 aromatic carbocycles. The predicted molar refractivity (Wildman–Crippen MR) is 140 cm³/mol. The van der Waals surface area contributed by atoms with Gasteiger partial charge in [0.2, 0.25) is 0 Å². The van der Waals surface area contributed by atoms with Gasteiger partial charge in [-0.15, -0.1) is 0 Å². The number of rotatable bonds is 0. The first-order valence-corrected chi connectivity index (χ1v) is 11.4. The Morgan fingerprint density at radius 3 is 0.906 bits per heavy atom. The summed E-state index contributed by atoms with van der Waals surface area (Å²) >= 11 is 0. The topological polar surface area (TPSA) is 49.4 Å². The Morgan fingerprint density at radius 2 is 0.688 bits per heavy atom. The van der Waals surface area contributed by atoms with Crippen molar-refractivity contribution >= 4 is 24.9 Å². The Kier molecular flexibility index (Phi) is 7.55. The highest BCUT2D eigenvalue weighted by molar-refractivity contribution is 5.88. The molecule has 0 fully saturated rings. The Balaban J connectivity index is 1.90. The van der Waals surface area contributed by atoms with Crippen LogP contribution in [-0.4, -0.2) is 51.0 Å². The van der Waals surface area contributed by atoms with Crippen LogP contribution >= 0.6 is 0 Å². The van der Waals surface area contributed by atoms with Crippen LogP contribution in [0.5, 0.6) is 0 Å². The van der Waals surface area contributed by atoms with Crippen LogP contribution in [0.4, 0.5) is 0 Å². The van der Waals surface area contributed by atoms with Crippen LogP contribution in [-0.2, 0) is 10.8 Å². The number of fused-ring (bicyclic) bond motifs is 4. The molecular formula is C28H36N4. The highest BCUT2D eigenvalue weighted by Gasteiger charge is 2.15. The maximum Gasteiger partial charge on any atom is 0.0585 e. The zero-order chi connectivity index (χ0) is 23.2. The molecule has 0 atom stereocenters. The molecule has 4 nitrogen and oxygen atoms in total. The molecule has 2 aromatic rings. The van der Waals surface area contributed by atoms with Crippen molar-refractivity contribution in [2.24, 2.45) is 20.0 Å². The minimum Gasteiger partial charge on any atom is -0.291 e. The fraction of sp³-hybridized carbons (Fsp3) is 0.429. The van der Waals surface area contributed by atoms with Crippen LogP contribution in [0.1, 0.15) is 74.9 Å². The molecule has 0 saturated heterocycles. The summed E-state index contributed by atoms with van der Waals surface area (Å²) in [5, 5.41) is 0. The van der Waals surface area contributed by atoms with Gasteiger partial charge in [0.1, 0.15) is 0 Å². The lowest BCUT2D eigenvalue weighted by molar-refractivity contribution is 0.590. The summed E-state index contributed by atoms with van der Waals surface area (Å²) in [5.41, 5.74) is 7.10. The van der Waals surface area contributed by atoms with E-state index in [0.29, 0.717) is 26.2 Å². The summed E-state index contributed by atoms with van der Waals surface area (Å²) in [6.45, 7) is 16.0. The van der Waals surface area contributed by atoms with Gasteiger partial charge < -0.3 is 0 Å². The van der Waals surface area contributed by atoms with Gasteiger partial charge in [-0.3, -0.25) is 20.0 Å². The number of hydrogen-bond acceptors (Lipinski definition) is 4. The van der Waals surface area contributed by atoms with Gasteiger partial charge in [-0.05, 0) is 80.6 Å². The molecule has 0 unspecified atom stereocenters. The quantitative estimate of drug-likeness (QED) is 0.519. The summed E-state index contributed by atoms with van der Waals surface area (Å²) in [6, 6.07) is 13.1. The number of nitrogens with zero attached hydrogens (tertiary/aromatic N) is 4. The van der Waals surface area contributed by atoms with E-state index in [2.05, 4.69) is 97.9 Å². The number of benzene rings is 2. The van der Waals surface area contributed by atoms with Crippen LogP contribution < -0.4 is 0 Å². The molecule has 0 N–H and O–H groups in total. The lowest BCUT2D eigenvalue weighted by Crippen LogP contribution is -2.12. The van der Waals surface area contributed by atoms with Crippen molar-refractivity contribution in [3.05, 3.63) is 69.8 Å². The fourth-order valence-corrected chi connectivity index (χ4v) is 3.43. The van der Waals surface area contributed by atoms with E-state index in [0.717, 1.165) is 22.3 Å². The van der Waals surface area contributed by atoms with Crippen molar-refractivity contribution in [1.82, 2.24) is 0 Å². The van der Waals surface area contributed by atoms with Crippen molar-refractivity contribution in [2.75, 3.05) is 26.2 Å². The molecule has 0 aliphatic carbocycles. The van der Waals surface area contributed by atoms with Gasteiger partial charge in [0.05, 0.1) is 26.2 Å². The standard InChI is InChI=1S/C28H36N4/c1-27(2,3)25-13-21-11-22(14-25)18-30-8-10-32-20-24-12-23(19-31-9-7-29-17-21)15-26(16-24)28(4,5)6/h11-20H,7-10H2,1-6H3. The minimum absolute atomic E-state index is 0.0662. The molecule has 0 radical (unpaired) electrons. The van der Waals surface area contributed by atoms with E-state index in [4.69, 9.17) is 0 Å². The first-order valence-electron chi connectivity index (χ1n) is 11.4.